The summed E-state index contributed by atoms with van der Waals surface area (Å²) < 4.78 is 0. The van der Waals surface area contributed by atoms with E-state index in [1.807, 2.05) is 0 Å². The zero-order valence-electron chi connectivity index (χ0n) is 12.6. The lowest BCUT2D eigenvalue weighted by molar-refractivity contribution is 0.460. The van der Waals surface area contributed by atoms with Gasteiger partial charge in [-0.3, -0.25) is 0 Å². The van der Waals surface area contributed by atoms with Gasteiger partial charge in [0.2, 0.25) is 0 Å². The molecule has 19 heavy (non-hydrogen) atoms. The quantitative estimate of drug-likeness (QED) is 0.863. The Hall–Kier alpha value is -0.820. The maximum Gasteiger partial charge on any atom is 0.0138 e. The van der Waals surface area contributed by atoms with Crippen LogP contribution in [-0.2, 0) is 6.42 Å². The summed E-state index contributed by atoms with van der Waals surface area (Å²) in [6.07, 6.45) is 7.12. The van der Waals surface area contributed by atoms with Crippen molar-refractivity contribution in [3.05, 3.63) is 34.9 Å². The van der Waals surface area contributed by atoms with Gasteiger partial charge >= 0.3 is 0 Å². The van der Waals surface area contributed by atoms with Crippen LogP contribution in [0.1, 0.15) is 42.4 Å². The fourth-order valence-corrected chi connectivity index (χ4v) is 4.26. The molecule has 2 aliphatic rings. The van der Waals surface area contributed by atoms with Crippen LogP contribution in [0.3, 0.4) is 0 Å². The molecule has 3 atom stereocenters. The predicted octanol–water partition coefficient (Wildman–Crippen LogP) is 3.87. The standard InChI is InChI=1S/C18H27N/c1-12-8-9-14(10-13(12)2)11-17(19-3)18-15-6-4-5-7-16(15)18/h8-10,15-19H,4-7,11H2,1-3H3. The number of rotatable bonds is 4. The highest BCUT2D eigenvalue weighted by molar-refractivity contribution is 5.30. The molecule has 0 heterocycles. The van der Waals surface area contributed by atoms with E-state index in [4.69, 9.17) is 0 Å². The second-order valence-corrected chi connectivity index (χ2v) is 6.71. The topological polar surface area (TPSA) is 12.0 Å². The highest BCUT2D eigenvalue weighted by Crippen LogP contribution is 2.57. The summed E-state index contributed by atoms with van der Waals surface area (Å²) in [6, 6.07) is 7.66. The molecule has 3 unspecified atom stereocenters. The van der Waals surface area contributed by atoms with E-state index >= 15 is 0 Å². The van der Waals surface area contributed by atoms with Gasteiger partial charge in [-0.05, 0) is 74.6 Å². The molecule has 0 radical (unpaired) electrons. The summed E-state index contributed by atoms with van der Waals surface area (Å²) in [4.78, 5) is 0. The van der Waals surface area contributed by atoms with Gasteiger partial charge in [-0.15, -0.1) is 0 Å². The molecule has 3 rings (SSSR count). The molecular weight excluding hydrogens is 230 g/mol. The first-order chi connectivity index (χ1) is 9.20. The Morgan fingerprint density at radius 3 is 2.37 bits per heavy atom. The average molecular weight is 257 g/mol. The van der Waals surface area contributed by atoms with E-state index in [0.717, 1.165) is 17.8 Å². The van der Waals surface area contributed by atoms with E-state index in [-0.39, 0.29) is 0 Å². The SMILES string of the molecule is CNC(Cc1ccc(C)c(C)c1)C1C2CCCCC21. The maximum absolute atomic E-state index is 3.60. The molecule has 2 fully saturated rings. The molecule has 1 nitrogen and oxygen atoms in total. The second kappa shape index (κ2) is 5.28. The molecule has 0 saturated heterocycles. The molecule has 0 aromatic heterocycles. The molecule has 0 spiro atoms. The van der Waals surface area contributed by atoms with Gasteiger partial charge in [-0.25, -0.2) is 0 Å². The van der Waals surface area contributed by atoms with Crippen molar-refractivity contribution in [2.24, 2.45) is 17.8 Å². The van der Waals surface area contributed by atoms with Crippen LogP contribution in [0.15, 0.2) is 18.2 Å². The molecule has 1 N–H and O–H groups in total. The molecule has 1 aromatic carbocycles. The number of hydrogen-bond donors (Lipinski definition) is 1. The lowest BCUT2D eigenvalue weighted by Crippen LogP contribution is -2.31. The van der Waals surface area contributed by atoms with Crippen LogP contribution < -0.4 is 5.32 Å². The summed E-state index contributed by atoms with van der Waals surface area (Å²) in [7, 11) is 2.15. The molecule has 0 bridgehead atoms. The molecule has 104 valence electrons. The Kier molecular flexibility index (Phi) is 3.66. The lowest BCUT2D eigenvalue weighted by Gasteiger charge is -2.17. The van der Waals surface area contributed by atoms with E-state index in [0.29, 0.717) is 6.04 Å². The summed E-state index contributed by atoms with van der Waals surface area (Å²) in [5.41, 5.74) is 4.34. The number of likely N-dealkylation sites (N-methyl/N-ethyl adjacent to an activating group) is 1. The third-order valence-electron chi connectivity index (χ3n) is 5.59. The fourth-order valence-electron chi connectivity index (χ4n) is 4.26. The van der Waals surface area contributed by atoms with Gasteiger partial charge in [0.15, 0.2) is 0 Å². The summed E-state index contributed by atoms with van der Waals surface area (Å²) in [5, 5.41) is 3.60. The molecule has 1 heteroatoms. The van der Waals surface area contributed by atoms with E-state index in [2.05, 4.69) is 44.4 Å². The van der Waals surface area contributed by atoms with Crippen LogP contribution in [0, 0.1) is 31.6 Å². The third-order valence-corrected chi connectivity index (χ3v) is 5.59. The Bertz CT molecular complexity index is 439. The lowest BCUT2D eigenvalue weighted by atomic mass is 9.97. The van der Waals surface area contributed by atoms with Gasteiger partial charge in [0.05, 0.1) is 0 Å². The van der Waals surface area contributed by atoms with Crippen LogP contribution in [0.5, 0.6) is 0 Å². The average Bonchev–Trinajstić information content (AvgIpc) is 3.14. The number of hydrogen-bond acceptors (Lipinski definition) is 1. The van der Waals surface area contributed by atoms with Crippen molar-refractivity contribution in [1.82, 2.24) is 5.32 Å². The van der Waals surface area contributed by atoms with E-state index < -0.39 is 0 Å². The number of aryl methyl sites for hydroxylation is 2. The van der Waals surface area contributed by atoms with E-state index in [1.165, 1.54) is 48.8 Å². The first kappa shape index (κ1) is 13.2. The number of nitrogens with one attached hydrogen (secondary N) is 1. The summed E-state index contributed by atoms with van der Waals surface area (Å²) in [5.74, 6) is 3.03. The summed E-state index contributed by atoms with van der Waals surface area (Å²) >= 11 is 0. The Labute approximate surface area is 117 Å². The molecule has 2 saturated carbocycles. The van der Waals surface area contributed by atoms with Gasteiger partial charge < -0.3 is 5.32 Å². The maximum atomic E-state index is 3.60. The zero-order chi connectivity index (χ0) is 13.4. The first-order valence-corrected chi connectivity index (χ1v) is 7.94. The van der Waals surface area contributed by atoms with Crippen molar-refractivity contribution in [1.29, 1.82) is 0 Å². The second-order valence-electron chi connectivity index (χ2n) is 6.71. The van der Waals surface area contributed by atoms with Crippen LogP contribution in [0.2, 0.25) is 0 Å². The molecule has 0 amide bonds. The minimum absolute atomic E-state index is 0.690. The fraction of sp³-hybridized carbons (Fsp3) is 0.667. The van der Waals surface area contributed by atoms with E-state index in [1.54, 1.807) is 0 Å². The monoisotopic (exact) mass is 257 g/mol. The Balaban J connectivity index is 1.68. The molecule has 1 aromatic rings. The van der Waals surface area contributed by atoms with Crippen molar-refractivity contribution in [2.75, 3.05) is 7.05 Å². The molecular formula is C18H27N. The summed E-state index contributed by atoms with van der Waals surface area (Å²) in [6.45, 7) is 4.42. The van der Waals surface area contributed by atoms with Crippen molar-refractivity contribution in [3.63, 3.8) is 0 Å². The van der Waals surface area contributed by atoms with Gasteiger partial charge in [-0.1, -0.05) is 31.0 Å². The van der Waals surface area contributed by atoms with Crippen molar-refractivity contribution >= 4 is 0 Å². The van der Waals surface area contributed by atoms with Gasteiger partial charge in [0.1, 0.15) is 0 Å². The van der Waals surface area contributed by atoms with Gasteiger partial charge in [0.25, 0.3) is 0 Å². The van der Waals surface area contributed by atoms with Crippen LogP contribution in [-0.4, -0.2) is 13.1 Å². The van der Waals surface area contributed by atoms with Crippen molar-refractivity contribution in [2.45, 2.75) is 52.0 Å². The zero-order valence-corrected chi connectivity index (χ0v) is 12.6. The number of benzene rings is 1. The minimum Gasteiger partial charge on any atom is -0.316 e. The van der Waals surface area contributed by atoms with Gasteiger partial charge in [0, 0.05) is 6.04 Å². The first-order valence-electron chi connectivity index (χ1n) is 7.94. The van der Waals surface area contributed by atoms with Crippen LogP contribution in [0.25, 0.3) is 0 Å². The van der Waals surface area contributed by atoms with Crippen molar-refractivity contribution in [3.8, 4) is 0 Å². The smallest absolute Gasteiger partial charge is 0.0138 e. The van der Waals surface area contributed by atoms with Crippen LogP contribution in [0.4, 0.5) is 0 Å². The molecule has 0 aliphatic heterocycles. The van der Waals surface area contributed by atoms with Gasteiger partial charge in [-0.2, -0.15) is 0 Å². The predicted molar refractivity (Wildman–Crippen MR) is 81.4 cm³/mol. The number of fused-ring (bicyclic) bond motifs is 1. The largest absolute Gasteiger partial charge is 0.316 e. The Morgan fingerprint density at radius 2 is 1.79 bits per heavy atom. The normalized spacial score (nSPS) is 30.8. The van der Waals surface area contributed by atoms with Crippen LogP contribution >= 0.6 is 0 Å². The Morgan fingerprint density at radius 1 is 1.11 bits per heavy atom. The van der Waals surface area contributed by atoms with Crippen molar-refractivity contribution < 1.29 is 0 Å². The van der Waals surface area contributed by atoms with E-state index in [9.17, 15) is 0 Å². The molecule has 2 aliphatic carbocycles. The minimum atomic E-state index is 0.690. The highest BCUT2D eigenvalue weighted by atomic mass is 14.9. The highest BCUT2D eigenvalue weighted by Gasteiger charge is 2.53. The third kappa shape index (κ3) is 2.58.